The standard InChI is InChI=1S/C11H12N2O2S2/c1-13(3-4-14)11(15)9-6-12-10(17-9)8-2-5-16-7-8/h2,5-7,14H,3-4H2,1H3. The largest absolute Gasteiger partial charge is 0.395 e. The monoisotopic (exact) mass is 268 g/mol. The second-order valence-electron chi connectivity index (χ2n) is 3.49. The number of hydrogen-bond donors (Lipinski definition) is 1. The fourth-order valence-corrected chi connectivity index (χ4v) is 2.95. The Morgan fingerprint density at radius 3 is 3.06 bits per heavy atom. The van der Waals surface area contributed by atoms with Gasteiger partial charge in [0.05, 0.1) is 12.8 Å². The van der Waals surface area contributed by atoms with E-state index in [1.54, 1.807) is 24.6 Å². The first-order valence-electron chi connectivity index (χ1n) is 5.07. The van der Waals surface area contributed by atoms with E-state index in [0.29, 0.717) is 11.4 Å². The quantitative estimate of drug-likeness (QED) is 0.922. The van der Waals surface area contributed by atoms with E-state index in [1.807, 2.05) is 16.8 Å². The third-order valence-electron chi connectivity index (χ3n) is 2.27. The molecule has 2 aromatic heterocycles. The first-order valence-corrected chi connectivity index (χ1v) is 6.83. The second kappa shape index (κ2) is 5.39. The minimum absolute atomic E-state index is 0.0293. The smallest absolute Gasteiger partial charge is 0.265 e. The lowest BCUT2D eigenvalue weighted by atomic mass is 10.4. The van der Waals surface area contributed by atoms with Crippen molar-refractivity contribution in [2.75, 3.05) is 20.2 Å². The van der Waals surface area contributed by atoms with Gasteiger partial charge in [0.1, 0.15) is 9.88 Å². The maximum absolute atomic E-state index is 11.9. The minimum atomic E-state index is -0.0990. The van der Waals surface area contributed by atoms with Crippen LogP contribution in [0.3, 0.4) is 0 Å². The number of likely N-dealkylation sites (N-methyl/N-ethyl adjacent to an activating group) is 1. The van der Waals surface area contributed by atoms with Gasteiger partial charge in [-0.25, -0.2) is 4.98 Å². The molecule has 2 aromatic rings. The molecule has 0 fully saturated rings. The Bertz CT molecular complexity index is 493. The molecule has 0 saturated carbocycles. The highest BCUT2D eigenvalue weighted by atomic mass is 32.1. The Hall–Kier alpha value is -1.24. The second-order valence-corrected chi connectivity index (χ2v) is 5.30. The number of thiazole rings is 1. The van der Waals surface area contributed by atoms with Gasteiger partial charge in [0.25, 0.3) is 5.91 Å². The normalized spacial score (nSPS) is 10.5. The molecule has 0 bridgehead atoms. The Balaban J connectivity index is 2.16. The number of carbonyl (C=O) groups excluding carboxylic acids is 1. The van der Waals surface area contributed by atoms with Gasteiger partial charge in [-0.3, -0.25) is 4.79 Å². The molecular formula is C11H12N2O2S2. The summed E-state index contributed by atoms with van der Waals surface area (Å²) in [5.41, 5.74) is 1.05. The van der Waals surface area contributed by atoms with Crippen LogP contribution in [0.15, 0.2) is 23.0 Å². The number of thiophene rings is 1. The Labute approximate surface area is 107 Å². The Morgan fingerprint density at radius 2 is 2.41 bits per heavy atom. The summed E-state index contributed by atoms with van der Waals surface area (Å²) < 4.78 is 0. The van der Waals surface area contributed by atoms with Crippen molar-refractivity contribution in [2.45, 2.75) is 0 Å². The number of aliphatic hydroxyl groups is 1. The molecule has 0 aliphatic heterocycles. The predicted molar refractivity (Wildman–Crippen MR) is 69.5 cm³/mol. The van der Waals surface area contributed by atoms with Gasteiger partial charge < -0.3 is 10.0 Å². The molecule has 4 nitrogen and oxygen atoms in total. The first kappa shape index (κ1) is 12.2. The van der Waals surface area contributed by atoms with Crippen molar-refractivity contribution in [2.24, 2.45) is 0 Å². The van der Waals surface area contributed by atoms with Crippen molar-refractivity contribution in [1.82, 2.24) is 9.88 Å². The van der Waals surface area contributed by atoms with Crippen LogP contribution in [0.1, 0.15) is 9.67 Å². The van der Waals surface area contributed by atoms with Crippen LogP contribution in [0.4, 0.5) is 0 Å². The van der Waals surface area contributed by atoms with E-state index in [-0.39, 0.29) is 12.5 Å². The maximum Gasteiger partial charge on any atom is 0.265 e. The van der Waals surface area contributed by atoms with E-state index < -0.39 is 0 Å². The van der Waals surface area contributed by atoms with Crippen molar-refractivity contribution >= 4 is 28.6 Å². The fourth-order valence-electron chi connectivity index (χ4n) is 1.33. The summed E-state index contributed by atoms with van der Waals surface area (Å²) in [7, 11) is 1.67. The molecule has 2 rings (SSSR count). The molecule has 17 heavy (non-hydrogen) atoms. The zero-order chi connectivity index (χ0) is 12.3. The van der Waals surface area contributed by atoms with Crippen LogP contribution in [0.2, 0.25) is 0 Å². The summed E-state index contributed by atoms with van der Waals surface area (Å²) in [5.74, 6) is -0.0990. The van der Waals surface area contributed by atoms with E-state index in [9.17, 15) is 4.79 Å². The molecule has 0 atom stereocenters. The van der Waals surface area contributed by atoms with Crippen molar-refractivity contribution in [3.8, 4) is 10.6 Å². The molecular weight excluding hydrogens is 256 g/mol. The van der Waals surface area contributed by atoms with Crippen molar-refractivity contribution in [3.05, 3.63) is 27.9 Å². The number of carbonyl (C=O) groups is 1. The molecule has 0 aromatic carbocycles. The highest BCUT2D eigenvalue weighted by Crippen LogP contribution is 2.27. The summed E-state index contributed by atoms with van der Waals surface area (Å²) in [5, 5.41) is 13.6. The number of hydrogen-bond acceptors (Lipinski definition) is 5. The molecule has 0 saturated heterocycles. The predicted octanol–water partition coefficient (Wildman–Crippen LogP) is 1.94. The van der Waals surface area contributed by atoms with Gasteiger partial charge in [-0.05, 0) is 11.4 Å². The van der Waals surface area contributed by atoms with Crippen LogP contribution < -0.4 is 0 Å². The van der Waals surface area contributed by atoms with Crippen LogP contribution in [-0.4, -0.2) is 41.1 Å². The van der Waals surface area contributed by atoms with Gasteiger partial charge in [0.15, 0.2) is 0 Å². The van der Waals surface area contributed by atoms with Crippen molar-refractivity contribution < 1.29 is 9.90 Å². The molecule has 6 heteroatoms. The average molecular weight is 268 g/mol. The summed E-state index contributed by atoms with van der Waals surface area (Å²) >= 11 is 2.98. The summed E-state index contributed by atoms with van der Waals surface area (Å²) in [4.78, 5) is 18.2. The van der Waals surface area contributed by atoms with E-state index in [0.717, 1.165) is 10.6 Å². The maximum atomic E-state index is 11.9. The molecule has 0 unspecified atom stereocenters. The number of rotatable bonds is 4. The van der Waals surface area contributed by atoms with E-state index in [4.69, 9.17) is 5.11 Å². The molecule has 0 aliphatic carbocycles. The van der Waals surface area contributed by atoms with Gasteiger partial charge in [-0.2, -0.15) is 11.3 Å². The van der Waals surface area contributed by atoms with E-state index >= 15 is 0 Å². The van der Waals surface area contributed by atoms with Gasteiger partial charge in [-0.1, -0.05) is 0 Å². The minimum Gasteiger partial charge on any atom is -0.395 e. The van der Waals surface area contributed by atoms with Crippen LogP contribution >= 0.6 is 22.7 Å². The number of nitrogens with zero attached hydrogens (tertiary/aromatic N) is 2. The molecule has 0 aliphatic rings. The van der Waals surface area contributed by atoms with Crippen LogP contribution in [0, 0.1) is 0 Å². The lowest BCUT2D eigenvalue weighted by Crippen LogP contribution is -2.28. The zero-order valence-corrected chi connectivity index (χ0v) is 10.9. The molecule has 0 spiro atoms. The Kier molecular flexibility index (Phi) is 3.88. The number of aliphatic hydroxyl groups excluding tert-OH is 1. The van der Waals surface area contributed by atoms with E-state index in [2.05, 4.69) is 4.98 Å². The van der Waals surface area contributed by atoms with Gasteiger partial charge in [-0.15, -0.1) is 11.3 Å². The van der Waals surface area contributed by atoms with Crippen LogP contribution in [0.25, 0.3) is 10.6 Å². The fraction of sp³-hybridized carbons (Fsp3) is 0.273. The summed E-state index contributed by atoms with van der Waals surface area (Å²) in [6, 6.07) is 1.98. The van der Waals surface area contributed by atoms with Gasteiger partial charge in [0.2, 0.25) is 0 Å². The van der Waals surface area contributed by atoms with Crippen LogP contribution in [-0.2, 0) is 0 Å². The number of amides is 1. The van der Waals surface area contributed by atoms with Gasteiger partial charge in [0, 0.05) is 24.5 Å². The molecule has 90 valence electrons. The summed E-state index contributed by atoms with van der Waals surface area (Å²) in [6.45, 7) is 0.308. The number of aromatic nitrogens is 1. The van der Waals surface area contributed by atoms with Crippen LogP contribution in [0.5, 0.6) is 0 Å². The molecule has 0 radical (unpaired) electrons. The summed E-state index contributed by atoms with van der Waals surface area (Å²) in [6.07, 6.45) is 1.59. The highest BCUT2D eigenvalue weighted by Gasteiger charge is 2.15. The third-order valence-corrected chi connectivity index (χ3v) is 3.98. The van der Waals surface area contributed by atoms with E-state index in [1.165, 1.54) is 16.2 Å². The lowest BCUT2D eigenvalue weighted by Gasteiger charge is -2.13. The highest BCUT2D eigenvalue weighted by molar-refractivity contribution is 7.17. The molecule has 1 N–H and O–H groups in total. The third kappa shape index (κ3) is 2.71. The first-order chi connectivity index (χ1) is 8.22. The Morgan fingerprint density at radius 1 is 1.59 bits per heavy atom. The van der Waals surface area contributed by atoms with Gasteiger partial charge >= 0.3 is 0 Å². The molecule has 2 heterocycles. The lowest BCUT2D eigenvalue weighted by molar-refractivity contribution is 0.0771. The average Bonchev–Trinajstić information content (AvgIpc) is 2.98. The van der Waals surface area contributed by atoms with Crippen molar-refractivity contribution in [3.63, 3.8) is 0 Å². The molecule has 1 amide bonds. The zero-order valence-electron chi connectivity index (χ0n) is 9.29. The topological polar surface area (TPSA) is 53.4 Å². The SMILES string of the molecule is CN(CCO)C(=O)c1cnc(-c2ccsc2)s1. The van der Waals surface area contributed by atoms with Crippen molar-refractivity contribution in [1.29, 1.82) is 0 Å².